The molecule has 11 heteroatoms. The fraction of sp³-hybridized carbons (Fsp3) is 0.486. The summed E-state index contributed by atoms with van der Waals surface area (Å²) in [6, 6.07) is 9.10. The van der Waals surface area contributed by atoms with E-state index in [1.165, 1.54) is 25.3 Å². The van der Waals surface area contributed by atoms with Crippen LogP contribution in [0.25, 0.3) is 0 Å². The minimum absolute atomic E-state index is 0.0262. The highest BCUT2D eigenvalue weighted by Gasteiger charge is 2.76. The molecule has 2 aromatic rings. The molecule has 9 atom stereocenters. The number of carbonyl (C=O) groups excluding carboxylic acids is 2. The number of carboxylic acid groups (broad SMARTS) is 1. The van der Waals surface area contributed by atoms with Crippen LogP contribution in [-0.4, -0.2) is 64.4 Å². The van der Waals surface area contributed by atoms with Gasteiger partial charge in [-0.1, -0.05) is 43.7 Å². The minimum atomic E-state index is -1.69. The van der Waals surface area contributed by atoms with Gasteiger partial charge in [0, 0.05) is 22.3 Å². The number of allylic oxidation sites excluding steroid dienone is 4. The van der Waals surface area contributed by atoms with E-state index in [2.05, 4.69) is 6.92 Å². The second kappa shape index (κ2) is 11.6. The van der Waals surface area contributed by atoms with Gasteiger partial charge in [0.1, 0.15) is 19.0 Å². The molecule has 0 amide bonds. The molecule has 0 bridgehead atoms. The van der Waals surface area contributed by atoms with Crippen molar-refractivity contribution >= 4 is 17.5 Å². The Hall–Kier alpha value is -3.90. The maximum Gasteiger partial charge on any atom is 0.336 e. The van der Waals surface area contributed by atoms with Crippen molar-refractivity contribution in [3.05, 3.63) is 82.7 Å². The molecule has 3 saturated carbocycles. The van der Waals surface area contributed by atoms with Crippen molar-refractivity contribution in [1.82, 2.24) is 0 Å². The van der Waals surface area contributed by atoms with Crippen molar-refractivity contribution in [3.63, 3.8) is 0 Å². The molecule has 10 nitrogen and oxygen atoms in total. The molecule has 1 saturated heterocycles. The number of methoxy groups -OCH3 is 1. The second-order valence-corrected chi connectivity index (χ2v) is 14.1. The number of Topliss-reactive ketones (excluding diaryl/α,β-unsaturated/α-hetero) is 1. The van der Waals surface area contributed by atoms with E-state index in [4.69, 9.17) is 18.9 Å². The lowest BCUT2D eigenvalue weighted by Crippen LogP contribution is -2.63. The molecule has 0 radical (unpaired) electrons. The molecule has 1 heterocycles. The molecular formula is C37H39FO10. The van der Waals surface area contributed by atoms with Gasteiger partial charge < -0.3 is 34.3 Å². The van der Waals surface area contributed by atoms with E-state index in [0.29, 0.717) is 24.8 Å². The quantitative estimate of drug-likeness (QED) is 0.363. The van der Waals surface area contributed by atoms with Crippen molar-refractivity contribution in [2.24, 2.45) is 28.6 Å². The third kappa shape index (κ3) is 4.54. The average Bonchev–Trinajstić information content (AvgIpc) is 3.56. The molecule has 1 aliphatic heterocycles. The first-order valence-electron chi connectivity index (χ1n) is 16.3. The van der Waals surface area contributed by atoms with Crippen molar-refractivity contribution in [2.45, 2.75) is 70.2 Å². The maximum absolute atomic E-state index is 16.4. The Bertz CT molecular complexity index is 1750. The normalized spacial score (nSPS) is 36.4. The topological polar surface area (TPSA) is 149 Å². The van der Waals surface area contributed by atoms with E-state index < -0.39 is 59.1 Å². The van der Waals surface area contributed by atoms with Crippen molar-refractivity contribution < 1.29 is 53.0 Å². The fourth-order valence-corrected chi connectivity index (χ4v) is 9.89. The first-order chi connectivity index (χ1) is 22.9. The Morgan fingerprint density at radius 3 is 2.60 bits per heavy atom. The van der Waals surface area contributed by atoms with Gasteiger partial charge in [0.2, 0.25) is 0 Å². The molecular weight excluding hydrogens is 623 g/mol. The number of rotatable bonds is 8. The monoisotopic (exact) mass is 662 g/mol. The van der Waals surface area contributed by atoms with E-state index in [1.54, 1.807) is 30.4 Å². The summed E-state index contributed by atoms with van der Waals surface area (Å²) in [7, 11) is 1.36. The molecule has 3 N–H and O–H groups in total. The highest BCUT2D eigenvalue weighted by molar-refractivity contribution is 6.01. The van der Waals surface area contributed by atoms with E-state index in [9.17, 15) is 29.7 Å². The zero-order chi connectivity index (χ0) is 34.2. The van der Waals surface area contributed by atoms with Gasteiger partial charge in [-0.3, -0.25) is 9.59 Å². The van der Waals surface area contributed by atoms with Gasteiger partial charge in [0.25, 0.3) is 0 Å². The number of carbonyl (C=O) groups is 3. The Kier molecular flexibility index (Phi) is 7.90. The summed E-state index contributed by atoms with van der Waals surface area (Å²) in [6.07, 6.45) is 3.97. The Labute approximate surface area is 277 Å². The largest absolute Gasteiger partial charge is 0.496 e. The molecule has 254 valence electrons. The van der Waals surface area contributed by atoms with Gasteiger partial charge in [0.05, 0.1) is 30.4 Å². The highest BCUT2D eigenvalue weighted by Crippen LogP contribution is 2.70. The zero-order valence-electron chi connectivity index (χ0n) is 27.0. The number of ketones is 2. The summed E-state index contributed by atoms with van der Waals surface area (Å²) in [5.74, 6) is -3.14. The molecule has 7 rings (SSSR count). The maximum atomic E-state index is 16.4. The number of fused-ring (bicyclic) bond motifs is 7. The van der Waals surface area contributed by atoms with Crippen LogP contribution in [0.5, 0.6) is 11.5 Å². The van der Waals surface area contributed by atoms with Gasteiger partial charge >= 0.3 is 5.97 Å². The van der Waals surface area contributed by atoms with Crippen LogP contribution in [0, 0.1) is 34.4 Å². The first kappa shape index (κ1) is 32.6. The Balaban J connectivity index is 1.22. The summed E-state index contributed by atoms with van der Waals surface area (Å²) in [4.78, 5) is 37.8. The summed E-state index contributed by atoms with van der Waals surface area (Å²) >= 11 is 0. The average molecular weight is 663 g/mol. The fourth-order valence-electron chi connectivity index (χ4n) is 9.89. The van der Waals surface area contributed by atoms with E-state index in [0.717, 1.165) is 5.57 Å². The predicted molar refractivity (Wildman–Crippen MR) is 168 cm³/mol. The first-order valence-corrected chi connectivity index (χ1v) is 16.3. The van der Waals surface area contributed by atoms with Crippen LogP contribution < -0.4 is 9.47 Å². The number of ether oxygens (including phenoxy) is 4. The molecule has 4 aliphatic carbocycles. The molecule has 0 spiro atoms. The number of hydrogen-bond donors (Lipinski definition) is 3. The molecule has 5 aliphatic rings. The summed E-state index contributed by atoms with van der Waals surface area (Å²) in [5.41, 5.74) is -1.94. The number of halogens is 1. The number of hydrogen-bond acceptors (Lipinski definition) is 9. The lowest BCUT2D eigenvalue weighted by atomic mass is 9.46. The Morgan fingerprint density at radius 1 is 1.12 bits per heavy atom. The molecule has 2 aromatic carbocycles. The standard InChI is InChI=1S/C37H39FO10/c1-35-13-12-21(40)14-20(35)8-9-23-24-15-29-37(28(42)17-39,36(24,2)16-25(41)31(23)35)48-34(47-29)30-26(45-3)10-11-27(32(30)38)46-18-19-6-4-5-7-22(19)33(43)44/h4-7,10-14,23-25,29,31,34,39,41H,8-9,15-18H2,1-3H3,(H,43,44)/t23-,24-,25-,29+,31+,34+,35-,36-,37+/m0/s1. The molecule has 0 aromatic heterocycles. The molecule has 0 unspecified atom stereocenters. The third-order valence-corrected chi connectivity index (χ3v) is 12.0. The summed E-state index contributed by atoms with van der Waals surface area (Å²) in [5, 5.41) is 31.7. The third-order valence-electron chi connectivity index (χ3n) is 12.0. The smallest absolute Gasteiger partial charge is 0.336 e. The van der Waals surface area contributed by atoms with Gasteiger partial charge in [-0.15, -0.1) is 0 Å². The number of carboxylic acids is 1. The van der Waals surface area contributed by atoms with Gasteiger partial charge in [-0.05, 0) is 67.9 Å². The molecule has 4 fully saturated rings. The number of aliphatic hydroxyl groups is 2. The SMILES string of the molecule is COc1ccc(OCc2ccccc2C(=O)O)c(F)c1[C@@H]1O[C@@H]2C[C@H]3[C@@H]4CCC5=CC(=O)C=C[C@]5(C)[C@H]4[C@@H](O)C[C@]3(C)[C@]2(C(=O)CO)O1. The van der Waals surface area contributed by atoms with E-state index in [1.807, 2.05) is 13.0 Å². The van der Waals surface area contributed by atoms with Crippen LogP contribution in [0.1, 0.15) is 67.3 Å². The van der Waals surface area contributed by atoms with Crippen LogP contribution >= 0.6 is 0 Å². The van der Waals surface area contributed by atoms with Crippen LogP contribution in [-0.2, 0) is 25.7 Å². The second-order valence-electron chi connectivity index (χ2n) is 14.1. The number of aromatic carboxylic acids is 1. The van der Waals surface area contributed by atoms with Crippen LogP contribution in [0.15, 0.2) is 60.2 Å². The number of aliphatic hydroxyl groups excluding tert-OH is 2. The van der Waals surface area contributed by atoms with Crippen molar-refractivity contribution in [1.29, 1.82) is 0 Å². The van der Waals surface area contributed by atoms with Crippen LogP contribution in [0.2, 0.25) is 0 Å². The number of benzene rings is 2. The van der Waals surface area contributed by atoms with Gasteiger partial charge in [-0.2, -0.15) is 0 Å². The van der Waals surface area contributed by atoms with Gasteiger partial charge in [-0.25, -0.2) is 9.18 Å². The molecule has 48 heavy (non-hydrogen) atoms. The van der Waals surface area contributed by atoms with Crippen LogP contribution in [0.4, 0.5) is 4.39 Å². The van der Waals surface area contributed by atoms with E-state index >= 15 is 4.39 Å². The van der Waals surface area contributed by atoms with Crippen LogP contribution in [0.3, 0.4) is 0 Å². The lowest BCUT2D eigenvalue weighted by Gasteiger charge is -2.59. The predicted octanol–water partition coefficient (Wildman–Crippen LogP) is 4.71. The van der Waals surface area contributed by atoms with Gasteiger partial charge in [0.15, 0.2) is 35.0 Å². The summed E-state index contributed by atoms with van der Waals surface area (Å²) < 4.78 is 40.7. The zero-order valence-corrected chi connectivity index (χ0v) is 27.0. The lowest BCUT2D eigenvalue weighted by molar-refractivity contribution is -0.201. The van der Waals surface area contributed by atoms with E-state index in [-0.39, 0.29) is 59.2 Å². The minimum Gasteiger partial charge on any atom is -0.496 e. The van der Waals surface area contributed by atoms with Crippen molar-refractivity contribution in [3.8, 4) is 11.5 Å². The van der Waals surface area contributed by atoms with Crippen molar-refractivity contribution in [2.75, 3.05) is 13.7 Å². The Morgan fingerprint density at radius 2 is 1.88 bits per heavy atom. The summed E-state index contributed by atoms with van der Waals surface area (Å²) in [6.45, 7) is 2.90. The highest BCUT2D eigenvalue weighted by atomic mass is 19.1.